The largest absolute Gasteiger partial charge is 0.255 e. The fourth-order valence-corrected chi connectivity index (χ4v) is 4.13. The van der Waals surface area contributed by atoms with Gasteiger partial charge >= 0.3 is 0 Å². The zero-order valence-electron chi connectivity index (χ0n) is 17.4. The van der Waals surface area contributed by atoms with E-state index in [1.165, 1.54) is 19.3 Å². The van der Waals surface area contributed by atoms with Crippen molar-refractivity contribution in [2.45, 2.75) is 38.0 Å². The average Bonchev–Trinajstić information content (AvgIpc) is 2.85. The Morgan fingerprint density at radius 2 is 1.32 bits per heavy atom. The summed E-state index contributed by atoms with van der Waals surface area (Å²) in [6, 6.07) is 21.9. The van der Waals surface area contributed by atoms with Gasteiger partial charge in [-0.05, 0) is 25.0 Å². The number of rotatable bonds is 4. The Bertz CT molecular complexity index is 1150. The van der Waals surface area contributed by atoms with Gasteiger partial charge in [0.2, 0.25) is 0 Å². The fraction of sp³-hybridized carbons (Fsp3) is 0.231. The molecular formula is C26H23BN4. The van der Waals surface area contributed by atoms with E-state index in [1.54, 1.807) is 0 Å². The molecule has 0 spiro atoms. The first kappa shape index (κ1) is 19.6. The van der Waals surface area contributed by atoms with Crippen LogP contribution in [0.1, 0.15) is 43.8 Å². The molecule has 1 aliphatic rings. The second kappa shape index (κ2) is 8.80. The first-order valence-corrected chi connectivity index (χ1v) is 10.9. The van der Waals surface area contributed by atoms with Crippen LogP contribution in [-0.2, 0) is 0 Å². The van der Waals surface area contributed by atoms with E-state index in [1.807, 2.05) is 72.9 Å². The molecule has 2 aromatic heterocycles. The maximum Gasteiger partial charge on any atom is 0.165 e. The summed E-state index contributed by atoms with van der Waals surface area (Å²) >= 11 is 0. The molecule has 2 aromatic carbocycles. The van der Waals surface area contributed by atoms with Crippen molar-refractivity contribution in [1.82, 2.24) is 19.9 Å². The van der Waals surface area contributed by atoms with Gasteiger partial charge in [-0.1, -0.05) is 79.3 Å². The van der Waals surface area contributed by atoms with E-state index in [9.17, 15) is 0 Å². The van der Waals surface area contributed by atoms with Gasteiger partial charge in [-0.15, -0.1) is 0 Å². The molecule has 2 radical (unpaired) electrons. The van der Waals surface area contributed by atoms with Gasteiger partial charge in [-0.3, -0.25) is 4.98 Å². The van der Waals surface area contributed by atoms with Crippen LogP contribution in [0.5, 0.6) is 0 Å². The maximum absolute atomic E-state index is 5.80. The average molecular weight is 402 g/mol. The van der Waals surface area contributed by atoms with E-state index in [0.717, 1.165) is 52.3 Å². The van der Waals surface area contributed by atoms with Gasteiger partial charge in [-0.2, -0.15) is 0 Å². The number of pyridine rings is 1. The van der Waals surface area contributed by atoms with Crippen molar-refractivity contribution in [1.29, 1.82) is 0 Å². The lowest BCUT2D eigenvalue weighted by molar-refractivity contribution is 0.428. The zero-order chi connectivity index (χ0) is 21.0. The predicted molar refractivity (Wildman–Crippen MR) is 125 cm³/mol. The van der Waals surface area contributed by atoms with Crippen molar-refractivity contribution in [3.8, 4) is 34.0 Å². The van der Waals surface area contributed by atoms with Crippen LogP contribution in [0.2, 0.25) is 0 Å². The summed E-state index contributed by atoms with van der Waals surface area (Å²) in [6.45, 7) is 0. The van der Waals surface area contributed by atoms with Crippen molar-refractivity contribution >= 4 is 13.3 Å². The van der Waals surface area contributed by atoms with Gasteiger partial charge in [0.1, 0.15) is 13.7 Å². The van der Waals surface area contributed by atoms with Gasteiger partial charge in [0, 0.05) is 28.8 Å². The molecule has 4 aromatic rings. The molecular weight excluding hydrogens is 379 g/mol. The Hall–Kier alpha value is -3.34. The summed E-state index contributed by atoms with van der Waals surface area (Å²) in [5.74, 6) is 2.73. The molecule has 0 saturated heterocycles. The van der Waals surface area contributed by atoms with Crippen molar-refractivity contribution < 1.29 is 0 Å². The predicted octanol–water partition coefficient (Wildman–Crippen LogP) is 5.11. The third kappa shape index (κ3) is 4.41. The van der Waals surface area contributed by atoms with Gasteiger partial charge < -0.3 is 0 Å². The number of benzene rings is 2. The van der Waals surface area contributed by atoms with Crippen LogP contribution in [0.15, 0.2) is 72.9 Å². The maximum atomic E-state index is 5.80. The molecule has 0 unspecified atom stereocenters. The minimum absolute atomic E-state index is 0.403. The number of hydrogen-bond acceptors (Lipinski definition) is 4. The van der Waals surface area contributed by atoms with Crippen LogP contribution in [0, 0.1) is 0 Å². The number of hydrogen-bond donors (Lipinski definition) is 0. The third-order valence-corrected chi connectivity index (χ3v) is 5.88. The molecule has 1 saturated carbocycles. The van der Waals surface area contributed by atoms with Crippen LogP contribution in [0.4, 0.5) is 0 Å². The molecule has 31 heavy (non-hydrogen) atoms. The van der Waals surface area contributed by atoms with Gasteiger partial charge in [0.05, 0.1) is 5.69 Å². The smallest absolute Gasteiger partial charge is 0.165 e. The Labute approximate surface area is 184 Å². The molecule has 0 N–H and O–H groups in total. The van der Waals surface area contributed by atoms with E-state index in [-0.39, 0.29) is 0 Å². The normalized spacial score (nSPS) is 14.5. The van der Waals surface area contributed by atoms with Gasteiger partial charge in [0.15, 0.2) is 11.6 Å². The Kier molecular flexibility index (Phi) is 5.57. The highest BCUT2D eigenvalue weighted by Gasteiger charge is 2.21. The molecule has 5 heteroatoms. The van der Waals surface area contributed by atoms with E-state index in [2.05, 4.69) is 4.98 Å². The standard InChI is InChI=1S/C26H23BN4/c27-22-14-11-18(12-15-22)23-16-13-21(17-28-23)26-30-24(19-7-3-1-4-8-19)29-25(31-26)20-9-5-2-6-10-20/h1,3-4,7-8,11-17,20H,2,5-6,9-10H2. The summed E-state index contributed by atoms with van der Waals surface area (Å²) in [5.41, 5.74) is 4.58. The third-order valence-electron chi connectivity index (χ3n) is 5.88. The van der Waals surface area contributed by atoms with Gasteiger partial charge in [0.25, 0.3) is 0 Å². The Balaban J connectivity index is 1.53. The molecule has 150 valence electrons. The summed E-state index contributed by atoms with van der Waals surface area (Å²) < 4.78 is 0. The molecule has 4 nitrogen and oxygen atoms in total. The minimum atomic E-state index is 0.403. The second-order valence-electron chi connectivity index (χ2n) is 8.10. The summed E-state index contributed by atoms with van der Waals surface area (Å²) in [4.78, 5) is 19.2. The lowest BCUT2D eigenvalue weighted by atomic mass is 9.88. The number of nitrogens with zero attached hydrogens (tertiary/aromatic N) is 4. The minimum Gasteiger partial charge on any atom is -0.255 e. The summed E-state index contributed by atoms with van der Waals surface area (Å²) in [5, 5.41) is 0. The molecule has 1 aliphatic carbocycles. The van der Waals surface area contributed by atoms with Crippen LogP contribution in [0.25, 0.3) is 34.0 Å². The summed E-state index contributed by atoms with van der Waals surface area (Å²) in [7, 11) is 5.80. The van der Waals surface area contributed by atoms with Crippen molar-refractivity contribution in [3.63, 3.8) is 0 Å². The molecule has 0 amide bonds. The van der Waals surface area contributed by atoms with E-state index >= 15 is 0 Å². The second-order valence-corrected chi connectivity index (χ2v) is 8.10. The highest BCUT2D eigenvalue weighted by Crippen LogP contribution is 2.32. The summed E-state index contributed by atoms with van der Waals surface area (Å²) in [6.07, 6.45) is 7.92. The Morgan fingerprint density at radius 3 is 2.00 bits per heavy atom. The topological polar surface area (TPSA) is 51.6 Å². The van der Waals surface area contributed by atoms with E-state index in [0.29, 0.717) is 11.7 Å². The molecule has 5 rings (SSSR count). The highest BCUT2D eigenvalue weighted by molar-refractivity contribution is 6.32. The lowest BCUT2D eigenvalue weighted by Crippen LogP contribution is -2.11. The quantitative estimate of drug-likeness (QED) is 0.445. The highest BCUT2D eigenvalue weighted by atomic mass is 15.0. The molecule has 2 heterocycles. The van der Waals surface area contributed by atoms with E-state index < -0.39 is 0 Å². The first-order chi connectivity index (χ1) is 15.3. The van der Waals surface area contributed by atoms with Crippen LogP contribution >= 0.6 is 0 Å². The van der Waals surface area contributed by atoms with Crippen LogP contribution in [0.3, 0.4) is 0 Å². The zero-order valence-corrected chi connectivity index (χ0v) is 17.4. The lowest BCUT2D eigenvalue weighted by Gasteiger charge is -2.21. The van der Waals surface area contributed by atoms with Crippen molar-refractivity contribution in [3.05, 3.63) is 78.8 Å². The van der Waals surface area contributed by atoms with Crippen molar-refractivity contribution in [2.24, 2.45) is 0 Å². The molecule has 1 fully saturated rings. The molecule has 0 atom stereocenters. The molecule has 0 aliphatic heterocycles. The van der Waals surface area contributed by atoms with E-state index in [4.69, 9.17) is 22.8 Å². The van der Waals surface area contributed by atoms with Gasteiger partial charge in [-0.25, -0.2) is 15.0 Å². The fourth-order valence-electron chi connectivity index (χ4n) is 4.13. The molecule has 0 bridgehead atoms. The number of aromatic nitrogens is 4. The monoisotopic (exact) mass is 402 g/mol. The van der Waals surface area contributed by atoms with Crippen LogP contribution in [-0.4, -0.2) is 27.8 Å². The SMILES string of the molecule is [B]c1ccc(-c2ccc(-c3nc(-c4ccccc4)nc(C4CCCCC4)n3)cn2)cc1. The van der Waals surface area contributed by atoms with Crippen molar-refractivity contribution in [2.75, 3.05) is 0 Å². The first-order valence-electron chi connectivity index (χ1n) is 10.9. The Morgan fingerprint density at radius 1 is 0.645 bits per heavy atom. The van der Waals surface area contributed by atoms with Crippen LogP contribution < -0.4 is 5.46 Å².